The quantitative estimate of drug-likeness (QED) is 0.101. The summed E-state index contributed by atoms with van der Waals surface area (Å²) >= 11 is 0. The first-order chi connectivity index (χ1) is 15.8. The van der Waals surface area contributed by atoms with Gasteiger partial charge < -0.3 is 4.74 Å². The number of benzene rings is 1. The van der Waals surface area contributed by atoms with Gasteiger partial charge in [-0.3, -0.25) is 4.89 Å². The lowest BCUT2D eigenvalue weighted by molar-refractivity contribution is -0.241. The van der Waals surface area contributed by atoms with Gasteiger partial charge in [-0.05, 0) is 37.1 Å². The Morgan fingerprint density at radius 3 is 1.53 bits per heavy atom. The zero-order valence-corrected chi connectivity index (χ0v) is 20.9. The van der Waals surface area contributed by atoms with Crippen LogP contribution in [0.15, 0.2) is 24.3 Å². The predicted molar refractivity (Wildman–Crippen MR) is 133 cm³/mol. The summed E-state index contributed by atoms with van der Waals surface area (Å²) in [4.78, 5) is 21.9. The summed E-state index contributed by atoms with van der Waals surface area (Å²) in [5.74, 6) is 0.306. The number of hydrogen-bond donors (Lipinski definition) is 0. The van der Waals surface area contributed by atoms with E-state index in [1.54, 1.807) is 24.3 Å². The summed E-state index contributed by atoms with van der Waals surface area (Å²) < 4.78 is 5.51. The third kappa shape index (κ3) is 16.1. The van der Waals surface area contributed by atoms with Crippen LogP contribution >= 0.6 is 0 Å². The van der Waals surface area contributed by atoms with Crippen molar-refractivity contribution < 1.29 is 19.3 Å². The fourth-order valence-electron chi connectivity index (χ4n) is 3.76. The number of carbonyl (C=O) groups is 1. The van der Waals surface area contributed by atoms with E-state index in [0.717, 1.165) is 25.0 Å². The van der Waals surface area contributed by atoms with Crippen molar-refractivity contribution in [2.24, 2.45) is 0 Å². The minimum absolute atomic E-state index is 0.455. The van der Waals surface area contributed by atoms with E-state index in [2.05, 4.69) is 13.8 Å². The van der Waals surface area contributed by atoms with Crippen LogP contribution in [0.4, 0.5) is 0 Å². The van der Waals surface area contributed by atoms with Crippen LogP contribution in [0.1, 0.15) is 133 Å². The Morgan fingerprint density at radius 2 is 1.06 bits per heavy atom. The molecule has 0 aromatic heterocycles. The summed E-state index contributed by atoms with van der Waals surface area (Å²) in [6, 6.07) is 6.96. The Labute approximate surface area is 197 Å². The van der Waals surface area contributed by atoms with Gasteiger partial charge in [-0.15, -0.1) is 0 Å². The largest absolute Gasteiger partial charge is 0.494 e. The average molecular weight is 449 g/mol. The smallest absolute Gasteiger partial charge is 0.373 e. The fourth-order valence-corrected chi connectivity index (χ4v) is 3.76. The molecule has 0 saturated carbocycles. The molecule has 0 aliphatic heterocycles. The number of carbonyl (C=O) groups excluding carboxylic acids is 1. The second kappa shape index (κ2) is 21.3. The van der Waals surface area contributed by atoms with Crippen LogP contribution < -0.4 is 4.74 Å². The Balaban J connectivity index is 1.83. The van der Waals surface area contributed by atoms with Gasteiger partial charge in [0.2, 0.25) is 0 Å². The monoisotopic (exact) mass is 448 g/mol. The van der Waals surface area contributed by atoms with Gasteiger partial charge >= 0.3 is 5.97 Å². The average Bonchev–Trinajstić information content (AvgIpc) is 2.82. The second-order valence-electron chi connectivity index (χ2n) is 8.87. The second-order valence-corrected chi connectivity index (χ2v) is 8.87. The maximum Gasteiger partial charge on any atom is 0.373 e. The molecule has 0 amide bonds. The predicted octanol–water partition coefficient (Wildman–Crippen LogP) is 8.83. The standard InChI is InChI=1S/C28H48O4/c1-3-5-6-7-8-9-10-11-12-13-14-15-16-17-18-19-25-31-32-28(29)26-20-22-27(23-21-26)30-24-4-2/h20-23H,3-19,24-25H2,1-2H3. The SMILES string of the molecule is CCCCCCCCCCCCCCCCCCOOC(=O)c1ccc(OCCC)cc1. The van der Waals surface area contributed by atoms with Crippen LogP contribution in [0.5, 0.6) is 5.75 Å². The van der Waals surface area contributed by atoms with Crippen molar-refractivity contribution in [1.29, 1.82) is 0 Å². The highest BCUT2D eigenvalue weighted by atomic mass is 17.2. The van der Waals surface area contributed by atoms with Crippen LogP contribution in [-0.4, -0.2) is 19.2 Å². The van der Waals surface area contributed by atoms with Crippen molar-refractivity contribution in [3.8, 4) is 5.75 Å². The summed E-state index contributed by atoms with van der Waals surface area (Å²) in [7, 11) is 0. The van der Waals surface area contributed by atoms with Gasteiger partial charge in [0.05, 0.1) is 18.8 Å². The topological polar surface area (TPSA) is 44.8 Å². The third-order valence-electron chi connectivity index (χ3n) is 5.78. The van der Waals surface area contributed by atoms with E-state index < -0.39 is 5.97 Å². The molecule has 0 aliphatic carbocycles. The minimum atomic E-state index is -0.455. The number of unbranched alkanes of at least 4 members (excludes halogenated alkanes) is 15. The Bertz CT molecular complexity index is 541. The van der Waals surface area contributed by atoms with E-state index in [9.17, 15) is 4.79 Å². The minimum Gasteiger partial charge on any atom is -0.494 e. The van der Waals surface area contributed by atoms with Crippen molar-refractivity contribution in [3.63, 3.8) is 0 Å². The molecule has 0 bridgehead atoms. The van der Waals surface area contributed by atoms with Crippen molar-refractivity contribution >= 4 is 5.97 Å². The molecular weight excluding hydrogens is 400 g/mol. The Kier molecular flexibility index (Phi) is 19.0. The van der Waals surface area contributed by atoms with E-state index in [1.807, 2.05) is 0 Å². The van der Waals surface area contributed by atoms with Crippen molar-refractivity contribution in [3.05, 3.63) is 29.8 Å². The van der Waals surface area contributed by atoms with Gasteiger partial charge in [0, 0.05) is 0 Å². The molecule has 4 nitrogen and oxygen atoms in total. The molecule has 0 aliphatic rings. The van der Waals surface area contributed by atoms with E-state index in [4.69, 9.17) is 14.5 Å². The van der Waals surface area contributed by atoms with E-state index in [1.165, 1.54) is 89.9 Å². The lowest BCUT2D eigenvalue weighted by Gasteiger charge is -2.06. The van der Waals surface area contributed by atoms with Gasteiger partial charge in [0.1, 0.15) is 5.75 Å². The highest BCUT2D eigenvalue weighted by molar-refractivity contribution is 5.89. The zero-order valence-electron chi connectivity index (χ0n) is 20.9. The van der Waals surface area contributed by atoms with Gasteiger partial charge in [-0.1, -0.05) is 110 Å². The van der Waals surface area contributed by atoms with Crippen molar-refractivity contribution in [2.45, 2.75) is 123 Å². The molecule has 0 spiro atoms. The summed E-state index contributed by atoms with van der Waals surface area (Å²) in [6.45, 7) is 5.47. The number of ether oxygens (including phenoxy) is 1. The van der Waals surface area contributed by atoms with Gasteiger partial charge in [-0.2, -0.15) is 4.89 Å². The molecule has 0 unspecified atom stereocenters. The van der Waals surface area contributed by atoms with Crippen LogP contribution in [0.3, 0.4) is 0 Å². The molecule has 0 N–H and O–H groups in total. The Hall–Kier alpha value is -1.55. The fraction of sp³-hybridized carbons (Fsp3) is 0.750. The molecule has 0 radical (unpaired) electrons. The van der Waals surface area contributed by atoms with Gasteiger partial charge in [0.25, 0.3) is 0 Å². The number of rotatable bonds is 22. The molecule has 4 heteroatoms. The third-order valence-corrected chi connectivity index (χ3v) is 5.78. The zero-order chi connectivity index (χ0) is 23.1. The molecule has 0 saturated heterocycles. The van der Waals surface area contributed by atoms with Gasteiger partial charge in [0.15, 0.2) is 0 Å². The maximum absolute atomic E-state index is 12.0. The van der Waals surface area contributed by atoms with Crippen LogP contribution in [0.2, 0.25) is 0 Å². The molecule has 0 heterocycles. The van der Waals surface area contributed by atoms with Crippen LogP contribution in [0.25, 0.3) is 0 Å². The van der Waals surface area contributed by atoms with Crippen molar-refractivity contribution in [1.82, 2.24) is 0 Å². The highest BCUT2D eigenvalue weighted by Gasteiger charge is 2.08. The van der Waals surface area contributed by atoms with Crippen LogP contribution in [-0.2, 0) is 9.78 Å². The molecular formula is C28H48O4. The van der Waals surface area contributed by atoms with E-state index >= 15 is 0 Å². The molecule has 1 aromatic carbocycles. The Morgan fingerprint density at radius 1 is 0.594 bits per heavy atom. The molecule has 32 heavy (non-hydrogen) atoms. The molecule has 184 valence electrons. The lowest BCUT2D eigenvalue weighted by Crippen LogP contribution is -2.07. The summed E-state index contributed by atoms with van der Waals surface area (Å²) in [5.41, 5.74) is 0.473. The molecule has 1 aromatic rings. The van der Waals surface area contributed by atoms with Crippen LogP contribution in [0, 0.1) is 0 Å². The maximum atomic E-state index is 12.0. The summed E-state index contributed by atoms with van der Waals surface area (Å²) in [6.07, 6.45) is 22.4. The first kappa shape index (κ1) is 28.5. The lowest BCUT2D eigenvalue weighted by atomic mass is 10.0. The number of hydrogen-bond acceptors (Lipinski definition) is 4. The molecule has 0 fully saturated rings. The molecule has 0 atom stereocenters. The van der Waals surface area contributed by atoms with Crippen molar-refractivity contribution in [2.75, 3.05) is 13.2 Å². The molecule has 1 rings (SSSR count). The van der Waals surface area contributed by atoms with Gasteiger partial charge in [-0.25, -0.2) is 4.79 Å². The van der Waals surface area contributed by atoms with E-state index in [-0.39, 0.29) is 0 Å². The first-order valence-electron chi connectivity index (χ1n) is 13.3. The normalized spacial score (nSPS) is 10.9. The summed E-state index contributed by atoms with van der Waals surface area (Å²) in [5, 5.41) is 0. The van der Waals surface area contributed by atoms with E-state index in [0.29, 0.717) is 18.8 Å². The highest BCUT2D eigenvalue weighted by Crippen LogP contribution is 2.15. The first-order valence-corrected chi connectivity index (χ1v) is 13.3.